The molecule has 2 saturated heterocycles. The van der Waals surface area contributed by atoms with Crippen molar-refractivity contribution < 1.29 is 19.4 Å². The van der Waals surface area contributed by atoms with Crippen LogP contribution in [0.1, 0.15) is 82.6 Å². The van der Waals surface area contributed by atoms with Gasteiger partial charge in [0, 0.05) is 49.6 Å². The van der Waals surface area contributed by atoms with Crippen molar-refractivity contribution in [3.8, 4) is 0 Å². The topological polar surface area (TPSA) is 75.1 Å². The number of carbonyl (C=O) groups is 1. The quantitative estimate of drug-likeness (QED) is 0.530. The number of benzene rings is 1. The molecule has 208 valence electrons. The maximum Gasteiger partial charge on any atom is 0.410 e. The molecule has 2 fully saturated rings. The molecule has 1 aromatic carbocycles. The van der Waals surface area contributed by atoms with Crippen molar-refractivity contribution in [1.82, 2.24) is 14.8 Å². The van der Waals surface area contributed by atoms with Crippen molar-refractivity contribution in [1.29, 1.82) is 0 Å². The molecule has 2 aromatic rings. The Hall–Kier alpha value is -2.48. The highest BCUT2D eigenvalue weighted by Crippen LogP contribution is 2.50. The summed E-state index contributed by atoms with van der Waals surface area (Å²) in [5.41, 5.74) is 1.88. The number of pyridine rings is 1. The van der Waals surface area contributed by atoms with Crippen LogP contribution < -0.4 is 0 Å². The summed E-state index contributed by atoms with van der Waals surface area (Å²) in [6, 6.07) is 10.4. The van der Waals surface area contributed by atoms with E-state index >= 15 is 0 Å². The van der Waals surface area contributed by atoms with E-state index in [-0.39, 0.29) is 17.6 Å². The SMILES string of the molecule is CC(C)c1ccc(C(O)(c2cncc(COC3CCN(C(=O)OC(C)(C)C)CC3)c2)C2(C)CN(C)C2)cc1. The zero-order valence-corrected chi connectivity index (χ0v) is 24.2. The highest BCUT2D eigenvalue weighted by atomic mass is 16.6. The van der Waals surface area contributed by atoms with Crippen LogP contribution in [-0.4, -0.2) is 70.9 Å². The fourth-order valence-electron chi connectivity index (χ4n) is 5.86. The molecule has 0 radical (unpaired) electrons. The van der Waals surface area contributed by atoms with E-state index in [9.17, 15) is 9.90 Å². The monoisotopic (exact) mass is 523 g/mol. The van der Waals surface area contributed by atoms with Gasteiger partial charge in [0.15, 0.2) is 0 Å². The molecule has 0 bridgehead atoms. The minimum absolute atomic E-state index is 0.0672. The van der Waals surface area contributed by atoms with Crippen molar-refractivity contribution in [2.24, 2.45) is 5.41 Å². The Morgan fingerprint density at radius 2 is 1.74 bits per heavy atom. The van der Waals surface area contributed by atoms with E-state index < -0.39 is 11.2 Å². The molecule has 1 amide bonds. The van der Waals surface area contributed by atoms with Crippen LogP contribution in [0.2, 0.25) is 0 Å². The number of aliphatic hydroxyl groups is 1. The lowest BCUT2D eigenvalue weighted by molar-refractivity contribution is -0.127. The van der Waals surface area contributed by atoms with Gasteiger partial charge in [0.05, 0.1) is 12.7 Å². The Kier molecular flexibility index (Phi) is 8.22. The molecule has 1 unspecified atom stereocenters. The minimum atomic E-state index is -1.17. The average molecular weight is 524 g/mol. The summed E-state index contributed by atoms with van der Waals surface area (Å²) in [5.74, 6) is 0.431. The molecule has 7 nitrogen and oxygen atoms in total. The number of amides is 1. The Morgan fingerprint density at radius 1 is 1.11 bits per heavy atom. The van der Waals surface area contributed by atoms with Gasteiger partial charge in [-0.15, -0.1) is 0 Å². The van der Waals surface area contributed by atoms with Gasteiger partial charge < -0.3 is 24.4 Å². The third-order valence-corrected chi connectivity index (χ3v) is 7.90. The number of hydrogen-bond donors (Lipinski definition) is 1. The molecule has 3 heterocycles. The third kappa shape index (κ3) is 6.05. The van der Waals surface area contributed by atoms with E-state index in [4.69, 9.17) is 9.47 Å². The molecule has 7 heteroatoms. The van der Waals surface area contributed by atoms with Gasteiger partial charge >= 0.3 is 6.09 Å². The van der Waals surface area contributed by atoms with E-state index in [1.165, 1.54) is 5.56 Å². The van der Waals surface area contributed by atoms with Gasteiger partial charge in [-0.3, -0.25) is 4.98 Å². The molecule has 1 aromatic heterocycles. The normalized spacial score (nSPS) is 20.2. The smallest absolute Gasteiger partial charge is 0.410 e. The standard InChI is InChI=1S/C31H45N3O4/c1-22(2)24-8-10-25(11-9-24)31(36,30(6)20-33(7)21-30)26-16-23(17-32-18-26)19-37-27-12-14-34(15-13-27)28(35)38-29(3,4)5/h8-11,16-18,22,27,36H,12-15,19-21H2,1-7H3. The van der Waals surface area contributed by atoms with Gasteiger partial charge in [-0.05, 0) is 69.3 Å². The fourth-order valence-corrected chi connectivity index (χ4v) is 5.86. The first-order valence-corrected chi connectivity index (χ1v) is 13.9. The number of carbonyl (C=O) groups excluding carboxylic acids is 1. The van der Waals surface area contributed by atoms with Crippen LogP contribution >= 0.6 is 0 Å². The van der Waals surface area contributed by atoms with Gasteiger partial charge in [-0.1, -0.05) is 45.0 Å². The maximum atomic E-state index is 12.4. The molecule has 4 rings (SSSR count). The second-order valence-electron chi connectivity index (χ2n) is 12.8. The summed E-state index contributed by atoms with van der Waals surface area (Å²) in [5, 5.41) is 12.4. The van der Waals surface area contributed by atoms with Crippen molar-refractivity contribution >= 4 is 6.09 Å². The van der Waals surface area contributed by atoms with Gasteiger partial charge in [-0.25, -0.2) is 4.79 Å². The maximum absolute atomic E-state index is 12.4. The summed E-state index contributed by atoms with van der Waals surface area (Å²) in [6.45, 7) is 15.4. The summed E-state index contributed by atoms with van der Waals surface area (Å²) < 4.78 is 11.7. The first-order valence-electron chi connectivity index (χ1n) is 13.9. The van der Waals surface area contributed by atoms with Crippen LogP contribution in [0.5, 0.6) is 0 Å². The molecule has 0 spiro atoms. The van der Waals surface area contributed by atoms with E-state index in [0.717, 1.165) is 42.6 Å². The van der Waals surface area contributed by atoms with Gasteiger partial charge in [0.1, 0.15) is 11.2 Å². The molecular weight excluding hydrogens is 478 g/mol. The molecule has 2 aliphatic rings. The Labute approximate surface area is 228 Å². The third-order valence-electron chi connectivity index (χ3n) is 7.90. The predicted octanol–water partition coefficient (Wildman–Crippen LogP) is 5.31. The lowest BCUT2D eigenvalue weighted by atomic mass is 9.62. The number of hydrogen-bond acceptors (Lipinski definition) is 6. The van der Waals surface area contributed by atoms with Crippen LogP contribution in [0.4, 0.5) is 4.79 Å². The molecule has 2 aliphatic heterocycles. The first kappa shape index (κ1) is 28.5. The number of nitrogens with zero attached hydrogens (tertiary/aromatic N) is 3. The molecular formula is C31H45N3O4. The van der Waals surface area contributed by atoms with E-state index in [1.807, 2.05) is 33.0 Å². The zero-order chi connectivity index (χ0) is 27.7. The molecule has 1 atom stereocenters. The highest BCUT2D eigenvalue weighted by molar-refractivity contribution is 5.68. The number of ether oxygens (including phenoxy) is 2. The highest BCUT2D eigenvalue weighted by Gasteiger charge is 2.55. The van der Waals surface area contributed by atoms with Crippen LogP contribution in [0.15, 0.2) is 42.7 Å². The van der Waals surface area contributed by atoms with Crippen molar-refractivity contribution in [3.63, 3.8) is 0 Å². The largest absolute Gasteiger partial charge is 0.444 e. The first-order chi connectivity index (χ1) is 17.8. The Balaban J connectivity index is 1.46. The van der Waals surface area contributed by atoms with E-state index in [2.05, 4.69) is 62.0 Å². The number of aromatic nitrogens is 1. The average Bonchev–Trinajstić information content (AvgIpc) is 2.85. The van der Waals surface area contributed by atoms with Crippen LogP contribution in [0, 0.1) is 5.41 Å². The molecule has 0 aliphatic carbocycles. The predicted molar refractivity (Wildman–Crippen MR) is 149 cm³/mol. The van der Waals surface area contributed by atoms with Crippen molar-refractivity contribution in [2.75, 3.05) is 33.2 Å². The van der Waals surface area contributed by atoms with Crippen molar-refractivity contribution in [2.45, 2.75) is 84.2 Å². The molecule has 1 N–H and O–H groups in total. The molecule has 38 heavy (non-hydrogen) atoms. The van der Waals surface area contributed by atoms with Gasteiger partial charge in [0.25, 0.3) is 0 Å². The molecule has 0 saturated carbocycles. The number of piperidine rings is 1. The van der Waals surface area contributed by atoms with Gasteiger partial charge in [-0.2, -0.15) is 0 Å². The summed E-state index contributed by atoms with van der Waals surface area (Å²) in [7, 11) is 2.08. The summed E-state index contributed by atoms with van der Waals surface area (Å²) in [6.07, 6.45) is 4.95. The minimum Gasteiger partial charge on any atom is -0.444 e. The second-order valence-corrected chi connectivity index (χ2v) is 12.8. The van der Waals surface area contributed by atoms with E-state index in [1.54, 1.807) is 11.1 Å². The van der Waals surface area contributed by atoms with Crippen LogP contribution in [-0.2, 0) is 21.7 Å². The zero-order valence-electron chi connectivity index (χ0n) is 24.2. The van der Waals surface area contributed by atoms with Crippen LogP contribution in [0.25, 0.3) is 0 Å². The summed E-state index contributed by atoms with van der Waals surface area (Å²) in [4.78, 5) is 20.9. The Bertz CT molecular complexity index is 1100. The number of rotatable bonds is 7. The van der Waals surface area contributed by atoms with E-state index in [0.29, 0.717) is 25.6 Å². The second kappa shape index (κ2) is 10.9. The number of likely N-dealkylation sites (tertiary alicyclic amines) is 2. The lowest BCUT2D eigenvalue weighted by Gasteiger charge is -2.56. The van der Waals surface area contributed by atoms with Crippen molar-refractivity contribution in [3.05, 3.63) is 65.0 Å². The lowest BCUT2D eigenvalue weighted by Crippen LogP contribution is -2.63. The summed E-state index contributed by atoms with van der Waals surface area (Å²) >= 11 is 0. The Morgan fingerprint density at radius 3 is 2.29 bits per heavy atom. The van der Waals surface area contributed by atoms with Crippen LogP contribution in [0.3, 0.4) is 0 Å². The van der Waals surface area contributed by atoms with Gasteiger partial charge in [0.2, 0.25) is 0 Å². The fraction of sp³-hybridized carbons (Fsp3) is 0.613.